The van der Waals surface area contributed by atoms with Gasteiger partial charge in [0.05, 0.1) is 0 Å². The highest BCUT2D eigenvalue weighted by Gasteiger charge is 2.38. The van der Waals surface area contributed by atoms with E-state index < -0.39 is 12.0 Å². The Morgan fingerprint density at radius 2 is 1.77 bits per heavy atom. The molecule has 5 rings (SSSR count). The molecule has 3 aromatic heterocycles. The number of alkyl halides is 3. The third-order valence-electron chi connectivity index (χ3n) is 6.18. The van der Waals surface area contributed by atoms with Crippen molar-refractivity contribution in [2.45, 2.75) is 38.8 Å². The van der Waals surface area contributed by atoms with E-state index in [2.05, 4.69) is 43.5 Å². The number of rotatable bonds is 2. The Balaban J connectivity index is 1.45. The molecule has 0 radical (unpaired) electrons. The third kappa shape index (κ3) is 2.91. The lowest BCUT2D eigenvalue weighted by Gasteiger charge is -2.33. The van der Waals surface area contributed by atoms with Crippen molar-refractivity contribution in [2.75, 3.05) is 18.0 Å². The number of aryl methyl sites for hydroxylation is 1. The van der Waals surface area contributed by atoms with E-state index in [0.717, 1.165) is 41.5 Å². The molecule has 1 saturated heterocycles. The average Bonchev–Trinajstić information content (AvgIpc) is 3.35. The van der Waals surface area contributed by atoms with Crippen molar-refractivity contribution in [2.24, 2.45) is 0 Å². The van der Waals surface area contributed by atoms with E-state index in [4.69, 9.17) is 0 Å². The molecule has 4 aromatic rings. The predicted octanol–water partition coefficient (Wildman–Crippen LogP) is 4.63. The van der Waals surface area contributed by atoms with Crippen LogP contribution in [-0.4, -0.2) is 37.9 Å². The predicted molar refractivity (Wildman–Crippen MR) is 108 cm³/mol. The number of H-pyrrole nitrogens is 1. The lowest BCUT2D eigenvalue weighted by Crippen LogP contribution is -2.34. The number of benzene rings is 1. The Morgan fingerprint density at radius 3 is 2.50 bits per heavy atom. The van der Waals surface area contributed by atoms with Gasteiger partial charge in [0.1, 0.15) is 0 Å². The van der Waals surface area contributed by atoms with Crippen LogP contribution in [0.15, 0.2) is 30.5 Å². The van der Waals surface area contributed by atoms with Crippen LogP contribution in [0, 0.1) is 13.8 Å². The molecule has 30 heavy (non-hydrogen) atoms. The summed E-state index contributed by atoms with van der Waals surface area (Å²) in [5.74, 6) is -0.110. The smallest absolute Gasteiger partial charge is 0.361 e. The maximum atomic E-state index is 13.3. The van der Waals surface area contributed by atoms with E-state index in [1.165, 1.54) is 10.9 Å². The van der Waals surface area contributed by atoms with Crippen LogP contribution in [-0.2, 0) is 6.18 Å². The second-order valence-corrected chi connectivity index (χ2v) is 7.88. The van der Waals surface area contributed by atoms with E-state index in [-0.39, 0.29) is 5.65 Å². The van der Waals surface area contributed by atoms with Crippen LogP contribution < -0.4 is 4.90 Å². The number of para-hydroxylation sites is 1. The van der Waals surface area contributed by atoms with Crippen molar-refractivity contribution in [3.63, 3.8) is 0 Å². The molecule has 9 heteroatoms. The molecule has 1 aliphatic rings. The topological polar surface area (TPSA) is 62.1 Å². The Bertz CT molecular complexity index is 1230. The van der Waals surface area contributed by atoms with Gasteiger partial charge in [0.2, 0.25) is 0 Å². The van der Waals surface area contributed by atoms with Gasteiger partial charge in [-0.2, -0.15) is 17.7 Å². The lowest BCUT2D eigenvalue weighted by atomic mass is 9.89. The number of anilines is 1. The van der Waals surface area contributed by atoms with Crippen molar-refractivity contribution in [1.82, 2.24) is 24.8 Å². The molecule has 1 N–H and O–H groups in total. The Labute approximate surface area is 170 Å². The fourth-order valence-electron chi connectivity index (χ4n) is 4.42. The number of piperidine rings is 1. The summed E-state index contributed by atoms with van der Waals surface area (Å²) in [5.41, 5.74) is 4.09. The minimum absolute atomic E-state index is 0.150. The highest BCUT2D eigenvalue weighted by atomic mass is 19.4. The number of hydrogen-bond donors (Lipinski definition) is 1. The minimum Gasteiger partial charge on any atom is -0.361 e. The van der Waals surface area contributed by atoms with Crippen LogP contribution >= 0.6 is 0 Å². The van der Waals surface area contributed by atoms with Gasteiger partial charge in [0.15, 0.2) is 11.5 Å². The molecule has 1 aromatic carbocycles. The molecule has 0 bridgehead atoms. The summed E-state index contributed by atoms with van der Waals surface area (Å²) in [6.07, 6.45) is -0.700. The summed E-state index contributed by atoms with van der Waals surface area (Å²) in [5, 5.41) is 12.6. The molecule has 0 spiro atoms. The quantitative estimate of drug-likeness (QED) is 0.520. The van der Waals surface area contributed by atoms with Crippen molar-refractivity contribution in [3.05, 3.63) is 53.0 Å². The average molecular weight is 414 g/mol. The van der Waals surface area contributed by atoms with Crippen LogP contribution in [0.25, 0.3) is 16.6 Å². The van der Waals surface area contributed by atoms with Gasteiger partial charge in [-0.05, 0) is 44.2 Å². The van der Waals surface area contributed by atoms with E-state index in [1.54, 1.807) is 6.92 Å². The molecule has 0 aliphatic carbocycles. The summed E-state index contributed by atoms with van der Waals surface area (Å²) in [6, 6.07) is 8.24. The number of nitrogens with one attached hydrogen (secondary N) is 1. The zero-order valence-electron chi connectivity index (χ0n) is 16.7. The standard InChI is InChI=1S/C21H21F3N6/c1-12-13(2)19(28-30-18(12)26-27-20(30)21(22,23)24)29-9-7-14(8-10-29)16-11-25-17-6-4-3-5-15(16)17/h3-6,11,14,25H,7-10H2,1-2H3. The second-order valence-electron chi connectivity index (χ2n) is 7.88. The highest BCUT2D eigenvalue weighted by molar-refractivity contribution is 5.83. The molecule has 0 unspecified atom stereocenters. The third-order valence-corrected chi connectivity index (χ3v) is 6.18. The van der Waals surface area contributed by atoms with E-state index in [0.29, 0.717) is 17.3 Å². The maximum absolute atomic E-state index is 13.3. The fraction of sp³-hybridized carbons (Fsp3) is 0.381. The summed E-state index contributed by atoms with van der Waals surface area (Å²) in [6.45, 7) is 5.10. The van der Waals surface area contributed by atoms with Crippen molar-refractivity contribution < 1.29 is 13.2 Å². The summed E-state index contributed by atoms with van der Waals surface area (Å²) in [7, 11) is 0. The Morgan fingerprint density at radius 1 is 1.03 bits per heavy atom. The van der Waals surface area contributed by atoms with Gasteiger partial charge in [-0.1, -0.05) is 18.2 Å². The molecule has 1 fully saturated rings. The molecule has 0 saturated carbocycles. The van der Waals surface area contributed by atoms with Gasteiger partial charge in [0, 0.05) is 41.3 Å². The summed E-state index contributed by atoms with van der Waals surface area (Å²) >= 11 is 0. The SMILES string of the molecule is Cc1c(N2CCC(c3c[nH]c4ccccc34)CC2)nn2c(C(F)(F)F)nnc2c1C. The zero-order chi connectivity index (χ0) is 21.0. The second kappa shape index (κ2) is 6.72. The zero-order valence-corrected chi connectivity index (χ0v) is 16.7. The molecule has 6 nitrogen and oxygen atoms in total. The fourth-order valence-corrected chi connectivity index (χ4v) is 4.42. The van der Waals surface area contributed by atoms with E-state index in [9.17, 15) is 13.2 Å². The number of aromatic amines is 1. The molecule has 1 aliphatic heterocycles. The van der Waals surface area contributed by atoms with Gasteiger partial charge in [0.25, 0.3) is 5.82 Å². The van der Waals surface area contributed by atoms with Crippen LogP contribution in [0.5, 0.6) is 0 Å². The number of aromatic nitrogens is 5. The molecule has 0 amide bonds. The number of halogens is 3. The van der Waals surface area contributed by atoms with Crippen LogP contribution in [0.4, 0.5) is 19.0 Å². The van der Waals surface area contributed by atoms with Crippen molar-refractivity contribution in [3.8, 4) is 0 Å². The van der Waals surface area contributed by atoms with Crippen LogP contribution in [0.2, 0.25) is 0 Å². The van der Waals surface area contributed by atoms with E-state index in [1.807, 2.05) is 19.1 Å². The van der Waals surface area contributed by atoms with Crippen LogP contribution in [0.3, 0.4) is 0 Å². The first-order valence-electron chi connectivity index (χ1n) is 9.95. The largest absolute Gasteiger partial charge is 0.453 e. The first kappa shape index (κ1) is 18.9. The summed E-state index contributed by atoms with van der Waals surface area (Å²) < 4.78 is 40.8. The number of hydrogen-bond acceptors (Lipinski definition) is 4. The van der Waals surface area contributed by atoms with Crippen molar-refractivity contribution in [1.29, 1.82) is 0 Å². The number of fused-ring (bicyclic) bond motifs is 2. The monoisotopic (exact) mass is 414 g/mol. The van der Waals surface area contributed by atoms with Gasteiger partial charge >= 0.3 is 6.18 Å². The molecule has 4 heterocycles. The Hall–Kier alpha value is -3.10. The lowest BCUT2D eigenvalue weighted by molar-refractivity contribution is -0.146. The summed E-state index contributed by atoms with van der Waals surface area (Å²) in [4.78, 5) is 5.41. The molecular formula is C21H21F3N6. The van der Waals surface area contributed by atoms with E-state index >= 15 is 0 Å². The van der Waals surface area contributed by atoms with Gasteiger partial charge in [-0.15, -0.1) is 15.3 Å². The Kier molecular flexibility index (Phi) is 4.23. The molecular weight excluding hydrogens is 393 g/mol. The minimum atomic E-state index is -4.60. The van der Waals surface area contributed by atoms with Crippen molar-refractivity contribution >= 4 is 22.4 Å². The first-order valence-corrected chi connectivity index (χ1v) is 9.95. The van der Waals surface area contributed by atoms with Crippen LogP contribution in [0.1, 0.15) is 41.3 Å². The molecule has 0 atom stereocenters. The highest BCUT2D eigenvalue weighted by Crippen LogP contribution is 2.36. The normalized spacial score (nSPS) is 16.1. The van der Waals surface area contributed by atoms with Gasteiger partial charge in [-0.3, -0.25) is 0 Å². The van der Waals surface area contributed by atoms with Gasteiger partial charge < -0.3 is 9.88 Å². The molecule has 156 valence electrons. The maximum Gasteiger partial charge on any atom is 0.453 e. The number of nitrogens with zero attached hydrogens (tertiary/aromatic N) is 5. The first-order chi connectivity index (χ1) is 14.3. The van der Waals surface area contributed by atoms with Gasteiger partial charge in [-0.25, -0.2) is 0 Å².